The van der Waals surface area contributed by atoms with Gasteiger partial charge < -0.3 is 9.13 Å². The second-order valence-electron chi connectivity index (χ2n) is 13.0. The summed E-state index contributed by atoms with van der Waals surface area (Å²) in [4.78, 5) is 5.34. The van der Waals surface area contributed by atoms with Crippen LogP contribution in [0.4, 0.5) is 0 Å². The van der Waals surface area contributed by atoms with E-state index in [9.17, 15) is 0 Å². The summed E-state index contributed by atoms with van der Waals surface area (Å²) < 4.78 is 32.2. The summed E-state index contributed by atoms with van der Waals surface area (Å²) in [6, 6.07) is 65.6. The number of rotatable bonds is 7. The minimum absolute atomic E-state index is 0.605. The van der Waals surface area contributed by atoms with E-state index < -0.39 is 14.3 Å². The van der Waals surface area contributed by atoms with Gasteiger partial charge in [0.2, 0.25) is 0 Å². The summed E-state index contributed by atoms with van der Waals surface area (Å²) in [5, 5.41) is 9.47. The van der Waals surface area contributed by atoms with Crippen molar-refractivity contribution in [2.75, 3.05) is 0 Å². The molecule has 0 radical (unpaired) electrons. The van der Waals surface area contributed by atoms with Crippen LogP contribution in [0.5, 0.6) is 0 Å². The number of fused-ring (bicyclic) bond motifs is 5. The minimum Gasteiger partial charge on any atom is -0.309 e. The molecule has 0 saturated heterocycles. The zero-order valence-electron chi connectivity index (χ0n) is 28.2. The highest BCUT2D eigenvalue weighted by Crippen LogP contribution is 2.48. The Kier molecular flexibility index (Phi) is 8.05. The van der Waals surface area contributed by atoms with Crippen molar-refractivity contribution in [2.24, 2.45) is 0 Å². The Balaban J connectivity index is 1.44. The first-order valence-corrected chi connectivity index (χ1v) is 20.8. The van der Waals surface area contributed by atoms with Crippen LogP contribution in [0, 0.1) is 0 Å². The average Bonchev–Trinajstić information content (AvgIpc) is 3.23. The van der Waals surface area contributed by atoms with Gasteiger partial charge in [-0.05, 0) is 35.0 Å². The fourth-order valence-corrected chi connectivity index (χ4v) is 13.0. The van der Waals surface area contributed by atoms with E-state index in [2.05, 4.69) is 48.5 Å². The molecule has 0 atom stereocenters. The van der Waals surface area contributed by atoms with Crippen molar-refractivity contribution in [3.63, 3.8) is 0 Å². The molecule has 0 spiro atoms. The summed E-state index contributed by atoms with van der Waals surface area (Å²) in [6.07, 6.45) is 0. The van der Waals surface area contributed by atoms with Gasteiger partial charge in [-0.2, -0.15) is 0 Å². The van der Waals surface area contributed by atoms with Crippen LogP contribution in [-0.2, 0) is 9.13 Å². The third-order valence-corrected chi connectivity index (χ3v) is 16.0. The summed E-state index contributed by atoms with van der Waals surface area (Å²) in [5.74, 6) is 0. The molecule has 0 unspecified atom stereocenters. The predicted octanol–water partition coefficient (Wildman–Crippen LogP) is 9.49. The summed E-state index contributed by atoms with van der Waals surface area (Å²) in [6.45, 7) is 0. The molecule has 0 aliphatic heterocycles. The van der Waals surface area contributed by atoms with Crippen LogP contribution in [0.25, 0.3) is 43.7 Å². The lowest BCUT2D eigenvalue weighted by atomic mass is 9.95. The van der Waals surface area contributed by atoms with Gasteiger partial charge in [-0.1, -0.05) is 176 Å². The third-order valence-electron chi connectivity index (χ3n) is 9.97. The van der Waals surface area contributed by atoms with Crippen molar-refractivity contribution in [3.05, 3.63) is 200 Å². The first-order valence-electron chi connectivity index (χ1n) is 17.3. The summed E-state index contributed by atoms with van der Waals surface area (Å²) >= 11 is 0. The molecule has 0 aliphatic carbocycles. The Bertz CT molecular complexity index is 2620. The molecule has 0 amide bonds. The van der Waals surface area contributed by atoms with Crippen LogP contribution in [0.1, 0.15) is 0 Å². The Morgan fingerprint density at radius 1 is 0.346 bits per heavy atom. The molecule has 5 heteroatoms. The van der Waals surface area contributed by atoms with E-state index in [-0.39, 0.29) is 0 Å². The molecule has 0 fully saturated rings. The normalized spacial score (nSPS) is 12.0. The lowest BCUT2D eigenvalue weighted by Gasteiger charge is -2.25. The van der Waals surface area contributed by atoms with Crippen molar-refractivity contribution in [1.29, 1.82) is 0 Å². The van der Waals surface area contributed by atoms with E-state index >= 15 is 9.13 Å². The standard InChI is InChI=1S/C47H33NO2P2/c49-51(36-18-5-1-6-19-36,37-20-7-2-8-21-37)40-31-35(32-41(33-40)52(50,38-22-9-3-10-23-38)39-24-11-4-12-25-39)47-44-30-29-34-17-13-14-26-42(34)46(44)43-27-15-16-28-45(43)48-47/h1-33H. The molecule has 0 saturated carbocycles. The SMILES string of the molecule is O=P(c1ccccc1)(c1ccccc1)c1cc(-c2nc3ccccc3c3c2ccc2ccccc23)cc(P(=O)(c2ccccc2)c2ccccc2)c1. The van der Waals surface area contributed by atoms with Crippen molar-refractivity contribution in [1.82, 2.24) is 4.98 Å². The van der Waals surface area contributed by atoms with Crippen LogP contribution >= 0.6 is 14.3 Å². The molecule has 3 nitrogen and oxygen atoms in total. The minimum atomic E-state index is -3.50. The summed E-state index contributed by atoms with van der Waals surface area (Å²) in [5.41, 5.74) is 2.37. The number of hydrogen-bond donors (Lipinski definition) is 0. The monoisotopic (exact) mass is 705 g/mol. The third kappa shape index (κ3) is 5.25. The first-order chi connectivity index (χ1) is 25.5. The first kappa shape index (κ1) is 32.1. The highest BCUT2D eigenvalue weighted by Gasteiger charge is 2.35. The van der Waals surface area contributed by atoms with E-state index in [1.807, 2.05) is 152 Å². The summed E-state index contributed by atoms with van der Waals surface area (Å²) in [7, 11) is -7.00. The molecule has 1 heterocycles. The Hall–Kier alpha value is -5.85. The van der Waals surface area contributed by atoms with E-state index in [1.165, 1.54) is 0 Å². The van der Waals surface area contributed by atoms with Crippen LogP contribution in [0.2, 0.25) is 0 Å². The molecule has 9 rings (SSSR count). The molecule has 248 valence electrons. The van der Waals surface area contributed by atoms with Gasteiger partial charge in [0.05, 0.1) is 11.2 Å². The maximum absolute atomic E-state index is 16.1. The van der Waals surface area contributed by atoms with Gasteiger partial charge >= 0.3 is 0 Å². The van der Waals surface area contributed by atoms with Crippen molar-refractivity contribution < 1.29 is 9.13 Å². The second kappa shape index (κ2) is 13.0. The number of para-hydroxylation sites is 1. The van der Waals surface area contributed by atoms with Crippen LogP contribution in [-0.4, -0.2) is 4.98 Å². The predicted molar refractivity (Wildman–Crippen MR) is 221 cm³/mol. The number of aromatic nitrogens is 1. The van der Waals surface area contributed by atoms with Crippen molar-refractivity contribution >= 4 is 78.6 Å². The van der Waals surface area contributed by atoms with Crippen LogP contribution in [0.15, 0.2) is 200 Å². The average molecular weight is 706 g/mol. The van der Waals surface area contributed by atoms with Crippen LogP contribution < -0.4 is 31.8 Å². The Labute approximate surface area is 303 Å². The number of pyridine rings is 1. The van der Waals surface area contributed by atoms with Gasteiger partial charge in [0, 0.05) is 53.5 Å². The topological polar surface area (TPSA) is 47.0 Å². The van der Waals surface area contributed by atoms with E-state index in [4.69, 9.17) is 4.98 Å². The highest BCUT2D eigenvalue weighted by atomic mass is 31.2. The molecule has 0 bridgehead atoms. The Morgan fingerprint density at radius 3 is 1.27 bits per heavy atom. The van der Waals surface area contributed by atoms with E-state index in [0.29, 0.717) is 31.8 Å². The van der Waals surface area contributed by atoms with E-state index in [0.717, 1.165) is 43.7 Å². The molecule has 9 aromatic rings. The molecule has 52 heavy (non-hydrogen) atoms. The number of benzene rings is 8. The second-order valence-corrected chi connectivity index (χ2v) is 18.5. The largest absolute Gasteiger partial charge is 0.309 e. The maximum atomic E-state index is 16.1. The lowest BCUT2D eigenvalue weighted by molar-refractivity contribution is 0.592. The Morgan fingerprint density at radius 2 is 0.769 bits per heavy atom. The highest BCUT2D eigenvalue weighted by molar-refractivity contribution is 7.86. The fraction of sp³-hybridized carbons (Fsp3) is 0. The van der Waals surface area contributed by atoms with Gasteiger partial charge in [-0.15, -0.1) is 0 Å². The lowest BCUT2D eigenvalue weighted by Crippen LogP contribution is -2.30. The zero-order chi connectivity index (χ0) is 35.1. The number of hydrogen-bond acceptors (Lipinski definition) is 3. The molecular formula is C47H33NO2P2. The molecule has 0 N–H and O–H groups in total. The van der Waals surface area contributed by atoms with Gasteiger partial charge in [0.1, 0.15) is 0 Å². The van der Waals surface area contributed by atoms with Crippen molar-refractivity contribution in [3.8, 4) is 11.3 Å². The maximum Gasteiger partial charge on any atom is 0.171 e. The molecule has 0 aliphatic rings. The molecule has 8 aromatic carbocycles. The molecule has 1 aromatic heterocycles. The van der Waals surface area contributed by atoms with Gasteiger partial charge in [0.15, 0.2) is 14.3 Å². The van der Waals surface area contributed by atoms with Gasteiger partial charge in [0.25, 0.3) is 0 Å². The smallest absolute Gasteiger partial charge is 0.171 e. The van der Waals surface area contributed by atoms with E-state index in [1.54, 1.807) is 0 Å². The van der Waals surface area contributed by atoms with Gasteiger partial charge in [-0.25, -0.2) is 4.98 Å². The van der Waals surface area contributed by atoms with Gasteiger partial charge in [-0.3, -0.25) is 0 Å². The number of nitrogens with zero attached hydrogens (tertiary/aromatic N) is 1. The molecular weight excluding hydrogens is 672 g/mol. The fourth-order valence-electron chi connectivity index (χ4n) is 7.48. The van der Waals surface area contributed by atoms with Crippen LogP contribution in [0.3, 0.4) is 0 Å². The quantitative estimate of drug-likeness (QED) is 0.123. The van der Waals surface area contributed by atoms with Crippen molar-refractivity contribution in [2.45, 2.75) is 0 Å². The zero-order valence-corrected chi connectivity index (χ0v) is 30.0.